The van der Waals surface area contributed by atoms with Gasteiger partial charge < -0.3 is 4.98 Å². The Morgan fingerprint density at radius 3 is 2.63 bits per heavy atom. The van der Waals surface area contributed by atoms with Crippen molar-refractivity contribution in [2.24, 2.45) is 0 Å². The molecule has 0 atom stereocenters. The Balaban J connectivity index is 2.39. The zero-order valence-corrected chi connectivity index (χ0v) is 11.0. The SMILES string of the molecule is CS(=O)(=O)NCCn1c(=O)[nH]c2ccccc2c1=O. The third-order valence-electron chi connectivity index (χ3n) is 2.59. The number of benzene rings is 1. The van der Waals surface area contributed by atoms with Crippen LogP contribution in [0.2, 0.25) is 0 Å². The number of aromatic amines is 1. The molecule has 0 aliphatic carbocycles. The predicted molar refractivity (Wildman–Crippen MR) is 71.7 cm³/mol. The van der Waals surface area contributed by atoms with Crippen LogP contribution in [-0.4, -0.2) is 30.8 Å². The van der Waals surface area contributed by atoms with Crippen molar-refractivity contribution in [3.63, 3.8) is 0 Å². The highest BCUT2D eigenvalue weighted by molar-refractivity contribution is 7.88. The zero-order valence-electron chi connectivity index (χ0n) is 10.2. The van der Waals surface area contributed by atoms with Crippen LogP contribution < -0.4 is 16.0 Å². The maximum atomic E-state index is 12.1. The Hall–Kier alpha value is -1.93. The van der Waals surface area contributed by atoms with Gasteiger partial charge in [-0.25, -0.2) is 17.9 Å². The molecule has 102 valence electrons. The van der Waals surface area contributed by atoms with E-state index in [9.17, 15) is 18.0 Å². The smallest absolute Gasteiger partial charge is 0.307 e. The molecule has 0 spiro atoms. The normalized spacial score (nSPS) is 11.8. The Morgan fingerprint density at radius 2 is 1.95 bits per heavy atom. The molecule has 1 heterocycles. The number of H-pyrrole nitrogens is 1. The highest BCUT2D eigenvalue weighted by Gasteiger charge is 2.07. The van der Waals surface area contributed by atoms with Crippen LogP contribution in [0.5, 0.6) is 0 Å². The van der Waals surface area contributed by atoms with Crippen molar-refractivity contribution in [2.45, 2.75) is 6.54 Å². The van der Waals surface area contributed by atoms with Gasteiger partial charge in [-0.05, 0) is 12.1 Å². The lowest BCUT2D eigenvalue weighted by molar-refractivity contribution is 0.571. The summed E-state index contributed by atoms with van der Waals surface area (Å²) >= 11 is 0. The highest BCUT2D eigenvalue weighted by atomic mass is 32.2. The Bertz CT molecular complexity index is 820. The van der Waals surface area contributed by atoms with Crippen molar-refractivity contribution in [2.75, 3.05) is 12.8 Å². The van der Waals surface area contributed by atoms with Gasteiger partial charge in [0.2, 0.25) is 10.0 Å². The average molecular weight is 283 g/mol. The van der Waals surface area contributed by atoms with Gasteiger partial charge in [-0.1, -0.05) is 12.1 Å². The van der Waals surface area contributed by atoms with Gasteiger partial charge in [0.25, 0.3) is 5.56 Å². The summed E-state index contributed by atoms with van der Waals surface area (Å²) in [6, 6.07) is 6.65. The average Bonchev–Trinajstić information content (AvgIpc) is 2.32. The van der Waals surface area contributed by atoms with Gasteiger partial charge in [-0.3, -0.25) is 9.36 Å². The molecule has 2 N–H and O–H groups in total. The van der Waals surface area contributed by atoms with Crippen molar-refractivity contribution in [1.82, 2.24) is 14.3 Å². The van der Waals surface area contributed by atoms with Crippen molar-refractivity contribution in [3.8, 4) is 0 Å². The number of sulfonamides is 1. The first kappa shape index (κ1) is 13.5. The number of aromatic nitrogens is 2. The first-order valence-electron chi connectivity index (χ1n) is 5.55. The molecule has 1 aromatic carbocycles. The molecule has 1 aromatic heterocycles. The van der Waals surface area contributed by atoms with E-state index < -0.39 is 21.3 Å². The molecule has 0 amide bonds. The molecule has 8 heteroatoms. The molecule has 2 aromatic rings. The largest absolute Gasteiger partial charge is 0.328 e. The van der Waals surface area contributed by atoms with Gasteiger partial charge in [0.1, 0.15) is 0 Å². The number of nitrogens with zero attached hydrogens (tertiary/aromatic N) is 1. The Kier molecular flexibility index (Phi) is 3.54. The van der Waals surface area contributed by atoms with Crippen LogP contribution in [0, 0.1) is 0 Å². The maximum absolute atomic E-state index is 12.1. The molecule has 0 aliphatic rings. The number of hydrogen-bond acceptors (Lipinski definition) is 4. The first-order valence-corrected chi connectivity index (χ1v) is 7.44. The van der Waals surface area contributed by atoms with E-state index in [1.165, 1.54) is 0 Å². The number of hydrogen-bond donors (Lipinski definition) is 2. The van der Waals surface area contributed by atoms with Gasteiger partial charge in [0.15, 0.2) is 0 Å². The summed E-state index contributed by atoms with van der Waals surface area (Å²) in [5.41, 5.74) is -0.529. The molecule has 19 heavy (non-hydrogen) atoms. The summed E-state index contributed by atoms with van der Waals surface area (Å²) in [6.45, 7) is -0.0355. The summed E-state index contributed by atoms with van der Waals surface area (Å²) in [7, 11) is -3.34. The van der Waals surface area contributed by atoms with E-state index in [0.29, 0.717) is 10.9 Å². The molecular formula is C11H13N3O4S. The van der Waals surface area contributed by atoms with Crippen LogP contribution in [0.1, 0.15) is 0 Å². The molecule has 0 aliphatic heterocycles. The molecule has 0 radical (unpaired) electrons. The molecule has 0 saturated carbocycles. The Morgan fingerprint density at radius 1 is 1.26 bits per heavy atom. The number of rotatable bonds is 4. The van der Waals surface area contributed by atoms with Gasteiger partial charge in [0.05, 0.1) is 17.2 Å². The zero-order chi connectivity index (χ0) is 14.0. The van der Waals surface area contributed by atoms with Gasteiger partial charge >= 0.3 is 5.69 Å². The van der Waals surface area contributed by atoms with Crippen LogP contribution in [0.4, 0.5) is 0 Å². The van der Waals surface area contributed by atoms with E-state index in [1.807, 2.05) is 0 Å². The topological polar surface area (TPSA) is 101 Å². The Labute approximate surface area is 108 Å². The second kappa shape index (κ2) is 4.98. The minimum Gasteiger partial charge on any atom is -0.307 e. The van der Waals surface area contributed by atoms with Crippen LogP contribution in [-0.2, 0) is 16.6 Å². The lowest BCUT2D eigenvalue weighted by atomic mass is 10.2. The third kappa shape index (κ3) is 3.09. The van der Waals surface area contributed by atoms with Crippen LogP contribution >= 0.6 is 0 Å². The number of nitrogens with one attached hydrogen (secondary N) is 2. The fourth-order valence-corrected chi connectivity index (χ4v) is 2.21. The minimum atomic E-state index is -3.34. The summed E-state index contributed by atoms with van der Waals surface area (Å²) in [5.74, 6) is 0. The molecule has 0 bridgehead atoms. The number of para-hydroxylation sites is 1. The van der Waals surface area contributed by atoms with Crippen molar-refractivity contribution >= 4 is 20.9 Å². The quantitative estimate of drug-likeness (QED) is 0.770. The van der Waals surface area contributed by atoms with Crippen molar-refractivity contribution in [3.05, 3.63) is 45.1 Å². The van der Waals surface area contributed by atoms with Crippen molar-refractivity contribution < 1.29 is 8.42 Å². The fraction of sp³-hybridized carbons (Fsp3) is 0.273. The van der Waals surface area contributed by atoms with Gasteiger partial charge in [0, 0.05) is 13.1 Å². The standard InChI is InChI=1S/C11H13N3O4S/c1-19(17,18)12-6-7-14-10(15)8-4-2-3-5-9(8)13-11(14)16/h2-5,12H,6-7H2,1H3,(H,13,16). The third-order valence-corrected chi connectivity index (χ3v) is 3.32. The highest BCUT2D eigenvalue weighted by Crippen LogP contribution is 2.02. The van der Waals surface area contributed by atoms with E-state index >= 15 is 0 Å². The predicted octanol–water partition coefficient (Wildman–Crippen LogP) is -0.761. The summed E-state index contributed by atoms with van der Waals surface area (Å²) < 4.78 is 25.0. The molecule has 2 rings (SSSR count). The van der Waals surface area contributed by atoms with Gasteiger partial charge in [-0.2, -0.15) is 0 Å². The minimum absolute atomic E-state index is 0.0137. The second-order valence-electron chi connectivity index (χ2n) is 4.10. The lowest BCUT2D eigenvalue weighted by Gasteiger charge is -2.06. The second-order valence-corrected chi connectivity index (χ2v) is 5.93. The summed E-state index contributed by atoms with van der Waals surface area (Å²) in [5, 5.41) is 0.390. The summed E-state index contributed by atoms with van der Waals surface area (Å²) in [4.78, 5) is 26.4. The number of fused-ring (bicyclic) bond motifs is 1. The van der Waals surface area contributed by atoms with Crippen molar-refractivity contribution in [1.29, 1.82) is 0 Å². The van der Waals surface area contributed by atoms with E-state index in [2.05, 4.69) is 9.71 Å². The maximum Gasteiger partial charge on any atom is 0.328 e. The van der Waals surface area contributed by atoms with Gasteiger partial charge in [-0.15, -0.1) is 0 Å². The molecule has 0 saturated heterocycles. The molecule has 7 nitrogen and oxygen atoms in total. The molecule has 0 fully saturated rings. The molecular weight excluding hydrogens is 270 g/mol. The lowest BCUT2D eigenvalue weighted by Crippen LogP contribution is -2.38. The summed E-state index contributed by atoms with van der Waals surface area (Å²) in [6.07, 6.45) is 1.01. The van der Waals surface area contributed by atoms with E-state index in [1.54, 1.807) is 24.3 Å². The monoisotopic (exact) mass is 283 g/mol. The molecule has 0 unspecified atom stereocenters. The van der Waals surface area contributed by atoms with Crippen LogP contribution in [0.25, 0.3) is 10.9 Å². The first-order chi connectivity index (χ1) is 8.88. The van der Waals surface area contributed by atoms with Crippen LogP contribution in [0.15, 0.2) is 33.9 Å². The fourth-order valence-electron chi connectivity index (χ4n) is 1.74. The van der Waals surface area contributed by atoms with E-state index in [-0.39, 0.29) is 13.1 Å². The van der Waals surface area contributed by atoms with Crippen LogP contribution in [0.3, 0.4) is 0 Å². The van der Waals surface area contributed by atoms with E-state index in [0.717, 1.165) is 10.8 Å². The van der Waals surface area contributed by atoms with E-state index in [4.69, 9.17) is 0 Å².